The number of phenolic OH excluding ortho intramolecular Hbond substituents is 1. The van der Waals surface area contributed by atoms with Crippen LogP contribution in [0.4, 0.5) is 0 Å². The van der Waals surface area contributed by atoms with E-state index in [1.807, 2.05) is 19.2 Å². The van der Waals surface area contributed by atoms with Crippen molar-refractivity contribution in [2.24, 2.45) is 5.92 Å². The molecule has 1 rings (SSSR count). The minimum atomic E-state index is -0.782. The number of phenols is 1. The molecular formula is C16H25NO4. The van der Waals surface area contributed by atoms with E-state index in [1.54, 1.807) is 6.07 Å². The Kier molecular flexibility index (Phi) is 6.49. The van der Waals surface area contributed by atoms with Crippen molar-refractivity contribution in [2.75, 3.05) is 20.7 Å². The molecule has 1 aromatic rings. The summed E-state index contributed by atoms with van der Waals surface area (Å²) in [6.45, 7) is 4.77. The van der Waals surface area contributed by atoms with E-state index >= 15 is 0 Å². The van der Waals surface area contributed by atoms with Gasteiger partial charge in [-0.15, -0.1) is 0 Å². The van der Waals surface area contributed by atoms with E-state index in [0.717, 1.165) is 12.0 Å². The number of hydrogen-bond donors (Lipinski definition) is 2. The van der Waals surface area contributed by atoms with Gasteiger partial charge in [0.1, 0.15) is 0 Å². The molecule has 0 saturated carbocycles. The molecule has 0 aromatic heterocycles. The number of rotatable bonds is 8. The molecule has 0 heterocycles. The van der Waals surface area contributed by atoms with Gasteiger partial charge >= 0.3 is 5.97 Å². The van der Waals surface area contributed by atoms with Crippen LogP contribution in [0.15, 0.2) is 18.2 Å². The van der Waals surface area contributed by atoms with E-state index in [2.05, 4.69) is 18.7 Å². The second-order valence-corrected chi connectivity index (χ2v) is 5.65. The number of ether oxygens (including phenoxy) is 1. The highest BCUT2D eigenvalue weighted by atomic mass is 16.5. The third-order valence-electron chi connectivity index (χ3n) is 3.70. The molecule has 1 unspecified atom stereocenters. The van der Waals surface area contributed by atoms with Crippen molar-refractivity contribution in [3.63, 3.8) is 0 Å². The molecular weight excluding hydrogens is 270 g/mol. The molecule has 0 aliphatic heterocycles. The van der Waals surface area contributed by atoms with Gasteiger partial charge in [0.2, 0.25) is 0 Å². The van der Waals surface area contributed by atoms with Gasteiger partial charge in [0.25, 0.3) is 0 Å². The zero-order valence-corrected chi connectivity index (χ0v) is 13.2. The van der Waals surface area contributed by atoms with Crippen LogP contribution < -0.4 is 4.74 Å². The Morgan fingerprint density at radius 2 is 2.05 bits per heavy atom. The van der Waals surface area contributed by atoms with Crippen LogP contribution in [0.5, 0.6) is 11.5 Å². The zero-order chi connectivity index (χ0) is 16.0. The first-order valence-electron chi connectivity index (χ1n) is 7.13. The number of carboxylic acid groups (broad SMARTS) is 1. The minimum Gasteiger partial charge on any atom is -0.504 e. The van der Waals surface area contributed by atoms with Gasteiger partial charge in [0.15, 0.2) is 11.5 Å². The molecule has 5 nitrogen and oxygen atoms in total. The summed E-state index contributed by atoms with van der Waals surface area (Å²) in [4.78, 5) is 12.8. The summed E-state index contributed by atoms with van der Waals surface area (Å²) >= 11 is 0. The van der Waals surface area contributed by atoms with E-state index in [1.165, 1.54) is 7.11 Å². The second-order valence-electron chi connectivity index (χ2n) is 5.65. The zero-order valence-electron chi connectivity index (χ0n) is 13.2. The fourth-order valence-corrected chi connectivity index (χ4v) is 2.43. The maximum Gasteiger partial charge on any atom is 0.304 e. The molecule has 5 heteroatoms. The summed E-state index contributed by atoms with van der Waals surface area (Å²) in [5.41, 5.74) is 1.06. The molecule has 2 N–H and O–H groups in total. The fourth-order valence-electron chi connectivity index (χ4n) is 2.43. The molecule has 1 atom stereocenters. The quantitative estimate of drug-likeness (QED) is 0.770. The molecule has 0 fully saturated rings. The monoisotopic (exact) mass is 295 g/mol. The number of carbonyl (C=O) groups is 1. The fraction of sp³-hybridized carbons (Fsp3) is 0.562. The number of aliphatic carboxylic acids is 1. The highest BCUT2D eigenvalue weighted by Gasteiger charge is 2.20. The summed E-state index contributed by atoms with van der Waals surface area (Å²) < 4.78 is 5.13. The Labute approximate surface area is 126 Å². The maximum atomic E-state index is 10.7. The molecule has 0 spiro atoms. The van der Waals surface area contributed by atoms with Gasteiger partial charge in [0.05, 0.1) is 13.5 Å². The molecule has 0 radical (unpaired) electrons. The lowest BCUT2D eigenvalue weighted by Crippen LogP contribution is -2.39. The van der Waals surface area contributed by atoms with Crippen LogP contribution >= 0.6 is 0 Å². The van der Waals surface area contributed by atoms with Crippen LogP contribution in [0.1, 0.15) is 25.8 Å². The average molecular weight is 295 g/mol. The van der Waals surface area contributed by atoms with Gasteiger partial charge in [-0.3, -0.25) is 4.79 Å². The van der Waals surface area contributed by atoms with Gasteiger partial charge in [-0.2, -0.15) is 0 Å². The molecule has 0 aliphatic carbocycles. The van der Waals surface area contributed by atoms with E-state index in [9.17, 15) is 9.90 Å². The van der Waals surface area contributed by atoms with Crippen molar-refractivity contribution in [3.05, 3.63) is 23.8 Å². The third-order valence-corrected chi connectivity index (χ3v) is 3.70. The summed E-state index contributed by atoms with van der Waals surface area (Å²) in [7, 11) is 3.48. The summed E-state index contributed by atoms with van der Waals surface area (Å²) in [5, 5.41) is 18.4. The Morgan fingerprint density at radius 3 is 2.57 bits per heavy atom. The average Bonchev–Trinajstić information content (AvgIpc) is 2.43. The molecule has 0 amide bonds. The highest BCUT2D eigenvalue weighted by Crippen LogP contribution is 2.28. The lowest BCUT2D eigenvalue weighted by atomic mass is 9.95. The van der Waals surface area contributed by atoms with Crippen LogP contribution in [-0.4, -0.2) is 47.8 Å². The van der Waals surface area contributed by atoms with Crippen molar-refractivity contribution in [1.29, 1.82) is 0 Å². The van der Waals surface area contributed by atoms with Gasteiger partial charge in [-0.05, 0) is 37.1 Å². The molecule has 118 valence electrons. The van der Waals surface area contributed by atoms with Gasteiger partial charge in [-0.1, -0.05) is 19.9 Å². The van der Waals surface area contributed by atoms with Crippen molar-refractivity contribution < 1.29 is 19.7 Å². The second kappa shape index (κ2) is 7.88. The molecule has 1 aromatic carbocycles. The van der Waals surface area contributed by atoms with E-state index in [4.69, 9.17) is 9.84 Å². The number of nitrogens with zero attached hydrogens (tertiary/aromatic N) is 1. The number of likely N-dealkylation sites (N-methyl/N-ethyl adjacent to an activating group) is 1. The van der Waals surface area contributed by atoms with Crippen LogP contribution in [0, 0.1) is 5.92 Å². The molecule has 21 heavy (non-hydrogen) atoms. The van der Waals surface area contributed by atoms with E-state index < -0.39 is 5.97 Å². The van der Waals surface area contributed by atoms with Crippen LogP contribution in [0.25, 0.3) is 0 Å². The normalized spacial score (nSPS) is 12.7. The Balaban J connectivity index is 2.80. The first-order chi connectivity index (χ1) is 9.85. The van der Waals surface area contributed by atoms with Gasteiger partial charge in [-0.25, -0.2) is 0 Å². The van der Waals surface area contributed by atoms with Crippen molar-refractivity contribution in [2.45, 2.75) is 32.7 Å². The van der Waals surface area contributed by atoms with Crippen LogP contribution in [0.3, 0.4) is 0 Å². The number of hydrogen-bond acceptors (Lipinski definition) is 4. The first-order valence-corrected chi connectivity index (χ1v) is 7.13. The smallest absolute Gasteiger partial charge is 0.304 e. The highest BCUT2D eigenvalue weighted by molar-refractivity contribution is 5.66. The number of aromatic hydroxyl groups is 1. The SMILES string of the molecule is COc1cc(CC(C(C)C)N(C)CCC(=O)O)ccc1O. The van der Waals surface area contributed by atoms with Gasteiger partial charge < -0.3 is 19.8 Å². The number of carboxylic acids is 1. The first kappa shape index (κ1) is 17.3. The van der Waals surface area contributed by atoms with E-state index in [0.29, 0.717) is 18.2 Å². The molecule has 0 saturated heterocycles. The lowest BCUT2D eigenvalue weighted by molar-refractivity contribution is -0.137. The minimum absolute atomic E-state index is 0.126. The summed E-state index contributed by atoms with van der Waals surface area (Å²) in [6, 6.07) is 5.56. The van der Waals surface area contributed by atoms with Crippen molar-refractivity contribution >= 4 is 5.97 Å². The Morgan fingerprint density at radius 1 is 1.38 bits per heavy atom. The third kappa shape index (κ3) is 5.27. The maximum absolute atomic E-state index is 10.7. The lowest BCUT2D eigenvalue weighted by Gasteiger charge is -2.31. The standard InChI is InChI=1S/C16H25NO4/c1-11(2)13(17(3)8-7-16(19)20)9-12-5-6-14(18)15(10-12)21-4/h5-6,10-11,13,18H,7-9H2,1-4H3,(H,19,20). The van der Waals surface area contributed by atoms with Crippen LogP contribution in [0.2, 0.25) is 0 Å². The largest absolute Gasteiger partial charge is 0.504 e. The summed E-state index contributed by atoms with van der Waals surface area (Å²) in [5.74, 6) is 0.198. The van der Waals surface area contributed by atoms with Crippen molar-refractivity contribution in [1.82, 2.24) is 4.90 Å². The molecule has 0 bridgehead atoms. The van der Waals surface area contributed by atoms with E-state index in [-0.39, 0.29) is 18.2 Å². The number of benzene rings is 1. The summed E-state index contributed by atoms with van der Waals surface area (Å²) in [6.07, 6.45) is 0.920. The molecule has 0 aliphatic rings. The topological polar surface area (TPSA) is 70.0 Å². The predicted molar refractivity (Wildman–Crippen MR) is 81.9 cm³/mol. The van der Waals surface area contributed by atoms with Crippen molar-refractivity contribution in [3.8, 4) is 11.5 Å². The predicted octanol–water partition coefficient (Wildman–Crippen LogP) is 2.37. The van der Waals surface area contributed by atoms with Crippen LogP contribution in [-0.2, 0) is 11.2 Å². The number of methoxy groups -OCH3 is 1. The Hall–Kier alpha value is -1.75. The Bertz CT molecular complexity index is 473. The van der Waals surface area contributed by atoms with Gasteiger partial charge in [0, 0.05) is 12.6 Å².